The van der Waals surface area contributed by atoms with Crippen LogP contribution in [-0.2, 0) is 0 Å². The fourth-order valence-electron chi connectivity index (χ4n) is 2.24. The van der Waals surface area contributed by atoms with Gasteiger partial charge < -0.3 is 22.9 Å². The number of benzene rings is 2. The van der Waals surface area contributed by atoms with Gasteiger partial charge in [-0.2, -0.15) is 10.2 Å². The molecule has 26 heavy (non-hydrogen) atoms. The van der Waals surface area contributed by atoms with Crippen molar-refractivity contribution in [1.29, 1.82) is 0 Å². The molecule has 0 saturated carbocycles. The molecule has 0 heterocycles. The molecule has 0 aliphatic carbocycles. The van der Waals surface area contributed by atoms with Crippen LogP contribution in [-0.4, -0.2) is 23.3 Å². The SMILES string of the molecule is NC(N)=NN=C(CCC(=NN=C(N)N)c1ccccc1)c1ccccc1. The number of nitrogens with two attached hydrogens (primary N) is 4. The Balaban J connectivity index is 2.29. The Labute approximate surface area is 152 Å². The van der Waals surface area contributed by atoms with Crippen LogP contribution in [0.4, 0.5) is 0 Å². The van der Waals surface area contributed by atoms with Gasteiger partial charge in [-0.25, -0.2) is 0 Å². The van der Waals surface area contributed by atoms with Crippen molar-refractivity contribution in [2.24, 2.45) is 43.3 Å². The second-order valence-electron chi connectivity index (χ2n) is 5.38. The van der Waals surface area contributed by atoms with E-state index in [1.807, 2.05) is 60.7 Å². The lowest BCUT2D eigenvalue weighted by atomic mass is 10.0. The Bertz CT molecular complexity index is 743. The second kappa shape index (κ2) is 9.58. The summed E-state index contributed by atoms with van der Waals surface area (Å²) in [6.45, 7) is 0. The Morgan fingerprint density at radius 1 is 0.538 bits per heavy atom. The second-order valence-corrected chi connectivity index (χ2v) is 5.38. The normalized spacial score (nSPS) is 11.7. The van der Waals surface area contributed by atoms with Crippen molar-refractivity contribution in [3.8, 4) is 0 Å². The molecular formula is C18H22N8. The molecule has 0 aromatic heterocycles. The zero-order valence-corrected chi connectivity index (χ0v) is 14.3. The van der Waals surface area contributed by atoms with Crippen molar-refractivity contribution in [3.63, 3.8) is 0 Å². The minimum Gasteiger partial charge on any atom is -0.369 e. The highest BCUT2D eigenvalue weighted by Crippen LogP contribution is 2.12. The minimum absolute atomic E-state index is 0.101. The van der Waals surface area contributed by atoms with E-state index in [1.165, 1.54) is 0 Å². The molecular weight excluding hydrogens is 328 g/mol. The predicted octanol–water partition coefficient (Wildman–Crippen LogP) is 1.12. The molecule has 2 rings (SSSR count). The van der Waals surface area contributed by atoms with Crippen molar-refractivity contribution in [2.45, 2.75) is 12.8 Å². The molecule has 0 atom stereocenters. The molecule has 0 saturated heterocycles. The zero-order valence-electron chi connectivity index (χ0n) is 14.3. The van der Waals surface area contributed by atoms with E-state index in [0.717, 1.165) is 22.6 Å². The average Bonchev–Trinajstić information content (AvgIpc) is 2.65. The van der Waals surface area contributed by atoms with Gasteiger partial charge in [0.2, 0.25) is 11.9 Å². The van der Waals surface area contributed by atoms with Crippen LogP contribution in [0.25, 0.3) is 0 Å². The van der Waals surface area contributed by atoms with Crippen molar-refractivity contribution in [3.05, 3.63) is 71.8 Å². The first-order valence-electron chi connectivity index (χ1n) is 7.98. The van der Waals surface area contributed by atoms with E-state index in [0.29, 0.717) is 12.8 Å². The number of hydrogen-bond donors (Lipinski definition) is 4. The number of rotatable bonds is 7. The molecule has 0 unspecified atom stereocenters. The maximum Gasteiger partial charge on any atom is 0.211 e. The highest BCUT2D eigenvalue weighted by atomic mass is 15.3. The molecule has 0 radical (unpaired) electrons. The fourth-order valence-corrected chi connectivity index (χ4v) is 2.24. The Hall–Kier alpha value is -3.68. The van der Waals surface area contributed by atoms with Gasteiger partial charge in [0, 0.05) is 0 Å². The Morgan fingerprint density at radius 2 is 0.885 bits per heavy atom. The summed E-state index contributed by atoms with van der Waals surface area (Å²) in [6, 6.07) is 19.3. The zero-order chi connectivity index (χ0) is 18.8. The van der Waals surface area contributed by atoms with Gasteiger partial charge in [-0.15, -0.1) is 10.2 Å². The smallest absolute Gasteiger partial charge is 0.211 e. The van der Waals surface area contributed by atoms with Gasteiger partial charge in [-0.3, -0.25) is 0 Å². The van der Waals surface area contributed by atoms with Crippen LogP contribution in [0.1, 0.15) is 24.0 Å². The lowest BCUT2D eigenvalue weighted by Crippen LogP contribution is -2.22. The fraction of sp³-hybridized carbons (Fsp3) is 0.111. The summed E-state index contributed by atoms with van der Waals surface area (Å²) in [5.41, 5.74) is 24.9. The van der Waals surface area contributed by atoms with E-state index in [1.54, 1.807) is 0 Å². The third kappa shape index (κ3) is 6.08. The highest BCUT2D eigenvalue weighted by molar-refractivity contribution is 6.06. The van der Waals surface area contributed by atoms with Crippen LogP contribution in [0.3, 0.4) is 0 Å². The van der Waals surface area contributed by atoms with Crippen LogP contribution in [0.2, 0.25) is 0 Å². The molecule has 0 spiro atoms. The Kier molecular flexibility index (Phi) is 6.87. The summed E-state index contributed by atoms with van der Waals surface area (Å²) in [5, 5.41) is 15.9. The third-order valence-corrected chi connectivity index (χ3v) is 3.38. The molecule has 2 aromatic rings. The van der Waals surface area contributed by atoms with E-state index in [9.17, 15) is 0 Å². The van der Waals surface area contributed by atoms with Gasteiger partial charge >= 0.3 is 0 Å². The lowest BCUT2D eigenvalue weighted by molar-refractivity contribution is 1.07. The first-order chi connectivity index (χ1) is 12.6. The van der Waals surface area contributed by atoms with Crippen LogP contribution in [0.5, 0.6) is 0 Å². The first-order valence-corrected chi connectivity index (χ1v) is 7.98. The van der Waals surface area contributed by atoms with Crippen molar-refractivity contribution in [1.82, 2.24) is 0 Å². The quantitative estimate of drug-likeness (QED) is 0.335. The van der Waals surface area contributed by atoms with Gasteiger partial charge in [0.15, 0.2) is 0 Å². The van der Waals surface area contributed by atoms with E-state index < -0.39 is 0 Å². The van der Waals surface area contributed by atoms with Crippen molar-refractivity contribution < 1.29 is 0 Å². The van der Waals surface area contributed by atoms with E-state index in [-0.39, 0.29) is 11.9 Å². The van der Waals surface area contributed by atoms with Gasteiger partial charge in [-0.05, 0) is 24.0 Å². The minimum atomic E-state index is -0.101. The number of guanidine groups is 2. The highest BCUT2D eigenvalue weighted by Gasteiger charge is 2.09. The summed E-state index contributed by atoms with van der Waals surface area (Å²) in [5.74, 6) is -0.202. The summed E-state index contributed by atoms with van der Waals surface area (Å²) in [7, 11) is 0. The van der Waals surface area contributed by atoms with Gasteiger partial charge in [0.05, 0.1) is 11.4 Å². The van der Waals surface area contributed by atoms with E-state index >= 15 is 0 Å². The molecule has 0 aliphatic rings. The molecule has 8 nitrogen and oxygen atoms in total. The Morgan fingerprint density at radius 3 is 1.19 bits per heavy atom. The maximum absolute atomic E-state index is 5.40. The summed E-state index contributed by atoms with van der Waals surface area (Å²) < 4.78 is 0. The summed E-state index contributed by atoms with van der Waals surface area (Å²) >= 11 is 0. The monoisotopic (exact) mass is 350 g/mol. The molecule has 8 heteroatoms. The molecule has 134 valence electrons. The van der Waals surface area contributed by atoms with Gasteiger partial charge in [-0.1, -0.05) is 60.7 Å². The van der Waals surface area contributed by atoms with E-state index in [2.05, 4.69) is 20.4 Å². The summed E-state index contributed by atoms with van der Waals surface area (Å²) in [4.78, 5) is 0. The third-order valence-electron chi connectivity index (χ3n) is 3.38. The van der Waals surface area contributed by atoms with Crippen LogP contribution >= 0.6 is 0 Å². The molecule has 2 aromatic carbocycles. The van der Waals surface area contributed by atoms with E-state index in [4.69, 9.17) is 22.9 Å². The topological polar surface area (TPSA) is 154 Å². The van der Waals surface area contributed by atoms with Crippen molar-refractivity contribution in [2.75, 3.05) is 0 Å². The molecule has 0 aliphatic heterocycles. The number of nitrogens with zero attached hydrogens (tertiary/aromatic N) is 4. The van der Waals surface area contributed by atoms with Gasteiger partial charge in [0.25, 0.3) is 0 Å². The standard InChI is InChI=1S/C18H22N8/c19-17(20)25-23-15(13-7-3-1-4-8-13)11-12-16(24-26-18(21)22)14-9-5-2-6-10-14/h1-10H,11-12H2,(H4,19,20,25)(H4,21,22,26). The van der Waals surface area contributed by atoms with Crippen LogP contribution in [0, 0.1) is 0 Å². The number of hydrogen-bond acceptors (Lipinski definition) is 4. The summed E-state index contributed by atoms with van der Waals surface area (Å²) in [6.07, 6.45) is 1.10. The largest absolute Gasteiger partial charge is 0.369 e. The maximum atomic E-state index is 5.40. The predicted molar refractivity (Wildman–Crippen MR) is 107 cm³/mol. The van der Waals surface area contributed by atoms with Crippen LogP contribution < -0.4 is 22.9 Å². The molecule has 0 bridgehead atoms. The first kappa shape index (κ1) is 18.7. The molecule has 0 amide bonds. The van der Waals surface area contributed by atoms with Crippen molar-refractivity contribution >= 4 is 23.3 Å². The molecule has 0 fully saturated rings. The lowest BCUT2D eigenvalue weighted by Gasteiger charge is -2.08. The van der Waals surface area contributed by atoms with Gasteiger partial charge in [0.1, 0.15) is 0 Å². The average molecular weight is 350 g/mol. The van der Waals surface area contributed by atoms with Crippen LogP contribution in [0.15, 0.2) is 81.1 Å². The molecule has 8 N–H and O–H groups in total.